The largest absolute Gasteiger partial charge is 0.310 e. The third kappa shape index (κ3) is 4.33. The van der Waals surface area contributed by atoms with Crippen molar-refractivity contribution < 1.29 is 4.39 Å². The Morgan fingerprint density at radius 2 is 2.00 bits per heavy atom. The lowest BCUT2D eigenvalue weighted by Gasteiger charge is -2.08. The third-order valence-corrected chi connectivity index (χ3v) is 3.56. The lowest BCUT2D eigenvalue weighted by atomic mass is 10.2. The van der Waals surface area contributed by atoms with Crippen molar-refractivity contribution in [2.45, 2.75) is 36.4 Å². The van der Waals surface area contributed by atoms with Gasteiger partial charge in [-0.25, -0.2) is 9.37 Å². The van der Waals surface area contributed by atoms with Crippen LogP contribution in [-0.2, 0) is 6.54 Å². The van der Waals surface area contributed by atoms with E-state index in [1.165, 1.54) is 17.8 Å². The molecule has 0 saturated carbocycles. The Kier molecular flexibility index (Phi) is 4.93. The minimum Gasteiger partial charge on any atom is -0.310 e. The summed E-state index contributed by atoms with van der Waals surface area (Å²) in [7, 11) is 0. The average Bonchev–Trinajstić information content (AvgIpc) is 2.40. The molecule has 0 spiro atoms. The maximum atomic E-state index is 13.5. The fourth-order valence-electron chi connectivity index (χ4n) is 1.54. The molecule has 4 heteroatoms. The molecule has 19 heavy (non-hydrogen) atoms. The molecule has 0 amide bonds. The molecule has 0 radical (unpaired) electrons. The second kappa shape index (κ2) is 6.68. The Labute approximate surface area is 117 Å². The molecule has 1 N–H and O–H groups in total. The van der Waals surface area contributed by atoms with Crippen LogP contribution in [0.4, 0.5) is 4.39 Å². The van der Waals surface area contributed by atoms with Gasteiger partial charge in [0.1, 0.15) is 10.8 Å². The second-order valence-electron chi connectivity index (χ2n) is 4.57. The highest BCUT2D eigenvalue weighted by molar-refractivity contribution is 7.99. The van der Waals surface area contributed by atoms with E-state index < -0.39 is 0 Å². The number of aromatic nitrogens is 1. The van der Waals surface area contributed by atoms with Crippen molar-refractivity contribution in [2.24, 2.45) is 0 Å². The van der Waals surface area contributed by atoms with Gasteiger partial charge in [0.25, 0.3) is 0 Å². The zero-order valence-corrected chi connectivity index (χ0v) is 11.9. The highest BCUT2D eigenvalue weighted by atomic mass is 32.2. The summed E-state index contributed by atoms with van der Waals surface area (Å²) < 4.78 is 13.5. The maximum absolute atomic E-state index is 13.5. The van der Waals surface area contributed by atoms with E-state index >= 15 is 0 Å². The Morgan fingerprint density at radius 1 is 1.21 bits per heavy atom. The van der Waals surface area contributed by atoms with E-state index in [9.17, 15) is 4.39 Å². The average molecular weight is 276 g/mol. The molecule has 0 fully saturated rings. The number of halogens is 1. The first kappa shape index (κ1) is 14.0. The molecule has 100 valence electrons. The van der Waals surface area contributed by atoms with E-state index in [-0.39, 0.29) is 5.82 Å². The van der Waals surface area contributed by atoms with Gasteiger partial charge in [-0.15, -0.1) is 0 Å². The van der Waals surface area contributed by atoms with E-state index in [4.69, 9.17) is 0 Å². The predicted molar refractivity (Wildman–Crippen MR) is 76.7 cm³/mol. The van der Waals surface area contributed by atoms with Crippen LogP contribution in [0, 0.1) is 5.82 Å². The first-order valence-electron chi connectivity index (χ1n) is 6.26. The van der Waals surface area contributed by atoms with Crippen molar-refractivity contribution in [1.82, 2.24) is 10.3 Å². The van der Waals surface area contributed by atoms with E-state index in [0.29, 0.717) is 10.9 Å². The normalized spacial score (nSPS) is 10.9. The molecule has 0 aliphatic carbocycles. The van der Waals surface area contributed by atoms with Crippen LogP contribution in [-0.4, -0.2) is 11.0 Å². The third-order valence-electron chi connectivity index (χ3n) is 2.56. The predicted octanol–water partition coefficient (Wildman–Crippen LogP) is 3.87. The SMILES string of the molecule is CC(C)NCc1ccc(Sc2ccccc2F)nc1. The Morgan fingerprint density at radius 3 is 2.63 bits per heavy atom. The van der Waals surface area contributed by atoms with Crippen LogP contribution in [0.1, 0.15) is 19.4 Å². The van der Waals surface area contributed by atoms with Gasteiger partial charge in [0.05, 0.1) is 0 Å². The zero-order valence-electron chi connectivity index (χ0n) is 11.1. The van der Waals surface area contributed by atoms with Gasteiger partial charge in [-0.05, 0) is 23.8 Å². The van der Waals surface area contributed by atoms with Crippen molar-refractivity contribution in [3.63, 3.8) is 0 Å². The minimum atomic E-state index is -0.208. The Bertz CT molecular complexity index is 526. The second-order valence-corrected chi connectivity index (χ2v) is 5.63. The van der Waals surface area contributed by atoms with Crippen molar-refractivity contribution in [2.75, 3.05) is 0 Å². The monoisotopic (exact) mass is 276 g/mol. The molecular formula is C15H17FN2S. The summed E-state index contributed by atoms with van der Waals surface area (Å²) in [5, 5.41) is 4.14. The number of pyridine rings is 1. The van der Waals surface area contributed by atoms with Crippen molar-refractivity contribution in [1.29, 1.82) is 0 Å². The van der Waals surface area contributed by atoms with E-state index in [2.05, 4.69) is 24.1 Å². The molecule has 2 rings (SSSR count). The Balaban J connectivity index is 2.01. The van der Waals surface area contributed by atoms with Gasteiger partial charge in [0.15, 0.2) is 0 Å². The fourth-order valence-corrected chi connectivity index (χ4v) is 2.32. The first-order chi connectivity index (χ1) is 9.15. The molecule has 1 heterocycles. The zero-order chi connectivity index (χ0) is 13.7. The highest BCUT2D eigenvalue weighted by Crippen LogP contribution is 2.27. The number of nitrogens with one attached hydrogen (secondary N) is 1. The number of nitrogens with zero attached hydrogens (tertiary/aromatic N) is 1. The quantitative estimate of drug-likeness (QED) is 0.897. The number of hydrogen-bond donors (Lipinski definition) is 1. The van der Waals surface area contributed by atoms with E-state index in [0.717, 1.165) is 17.1 Å². The molecule has 0 unspecified atom stereocenters. The van der Waals surface area contributed by atoms with Crippen LogP contribution in [0.5, 0.6) is 0 Å². The summed E-state index contributed by atoms with van der Waals surface area (Å²) in [5.41, 5.74) is 1.13. The van der Waals surface area contributed by atoms with Gasteiger partial charge in [-0.3, -0.25) is 0 Å². The van der Waals surface area contributed by atoms with E-state index in [1.54, 1.807) is 12.1 Å². The molecule has 0 saturated heterocycles. The molecule has 0 bridgehead atoms. The van der Waals surface area contributed by atoms with Gasteiger partial charge in [0.2, 0.25) is 0 Å². The van der Waals surface area contributed by atoms with E-state index in [1.807, 2.05) is 24.4 Å². The standard InChI is InChI=1S/C15H17FN2S/c1-11(2)17-9-12-7-8-15(18-10-12)19-14-6-4-3-5-13(14)16/h3-8,10-11,17H,9H2,1-2H3. The number of benzene rings is 1. The lowest BCUT2D eigenvalue weighted by Crippen LogP contribution is -2.21. The van der Waals surface area contributed by atoms with Gasteiger partial charge >= 0.3 is 0 Å². The van der Waals surface area contributed by atoms with Gasteiger partial charge in [-0.1, -0.05) is 43.8 Å². The summed E-state index contributed by atoms with van der Waals surface area (Å²) >= 11 is 1.34. The lowest BCUT2D eigenvalue weighted by molar-refractivity contribution is 0.587. The maximum Gasteiger partial charge on any atom is 0.137 e. The molecule has 1 aromatic carbocycles. The minimum absolute atomic E-state index is 0.208. The summed E-state index contributed by atoms with van der Waals surface area (Å²) in [6.07, 6.45) is 1.83. The van der Waals surface area contributed by atoms with Crippen molar-refractivity contribution in [3.8, 4) is 0 Å². The highest BCUT2D eigenvalue weighted by Gasteiger charge is 2.04. The number of rotatable bonds is 5. The number of hydrogen-bond acceptors (Lipinski definition) is 3. The van der Waals surface area contributed by atoms with Crippen LogP contribution in [0.15, 0.2) is 52.5 Å². The van der Waals surface area contributed by atoms with Crippen molar-refractivity contribution >= 4 is 11.8 Å². The molecular weight excluding hydrogens is 259 g/mol. The molecule has 0 atom stereocenters. The molecule has 0 aliphatic rings. The summed E-state index contributed by atoms with van der Waals surface area (Å²) in [4.78, 5) is 4.95. The van der Waals surface area contributed by atoms with Crippen LogP contribution >= 0.6 is 11.8 Å². The van der Waals surface area contributed by atoms with Crippen molar-refractivity contribution in [3.05, 3.63) is 54.0 Å². The fraction of sp³-hybridized carbons (Fsp3) is 0.267. The molecule has 1 aromatic heterocycles. The van der Waals surface area contributed by atoms with Gasteiger partial charge in [-0.2, -0.15) is 0 Å². The summed E-state index contributed by atoms with van der Waals surface area (Å²) in [6.45, 7) is 5.01. The van der Waals surface area contributed by atoms with Gasteiger partial charge < -0.3 is 5.32 Å². The topological polar surface area (TPSA) is 24.9 Å². The van der Waals surface area contributed by atoms with Crippen LogP contribution in [0.2, 0.25) is 0 Å². The molecule has 0 aliphatic heterocycles. The van der Waals surface area contributed by atoms with Crippen LogP contribution in [0.25, 0.3) is 0 Å². The smallest absolute Gasteiger partial charge is 0.137 e. The first-order valence-corrected chi connectivity index (χ1v) is 7.07. The van der Waals surface area contributed by atoms with Crippen LogP contribution < -0.4 is 5.32 Å². The van der Waals surface area contributed by atoms with Crippen LogP contribution in [0.3, 0.4) is 0 Å². The Hall–Kier alpha value is -1.39. The molecule has 2 aromatic rings. The summed E-state index contributed by atoms with van der Waals surface area (Å²) in [5.74, 6) is -0.208. The summed E-state index contributed by atoms with van der Waals surface area (Å²) in [6, 6.07) is 11.1. The molecule has 2 nitrogen and oxygen atoms in total. The van der Waals surface area contributed by atoms with Gasteiger partial charge in [0, 0.05) is 23.7 Å².